The number of benzene rings is 4. The van der Waals surface area contributed by atoms with Crippen LogP contribution in [0.2, 0.25) is 0 Å². The van der Waals surface area contributed by atoms with Crippen molar-refractivity contribution in [1.29, 1.82) is 0 Å². The van der Waals surface area contributed by atoms with E-state index in [4.69, 9.17) is 0 Å². The summed E-state index contributed by atoms with van der Waals surface area (Å²) in [5.74, 6) is 10.1. The first-order valence-corrected chi connectivity index (χ1v) is 11.3. The summed E-state index contributed by atoms with van der Waals surface area (Å²) < 4.78 is 93.0. The Balaban J connectivity index is 1.43. The summed E-state index contributed by atoms with van der Waals surface area (Å²) in [7, 11) is 0. The first-order chi connectivity index (χ1) is 18.5. The second-order valence-electron chi connectivity index (χ2n) is 8.24. The van der Waals surface area contributed by atoms with E-state index in [2.05, 4.69) is 35.5 Å². The van der Waals surface area contributed by atoms with Crippen molar-refractivity contribution in [3.8, 4) is 35.5 Å². The van der Waals surface area contributed by atoms with Crippen molar-refractivity contribution < 1.29 is 30.7 Å². The Bertz CT molecular complexity index is 1680. The van der Waals surface area contributed by atoms with Crippen LogP contribution >= 0.6 is 0 Å². The highest BCUT2D eigenvalue weighted by molar-refractivity contribution is 5.50. The van der Waals surface area contributed by atoms with Gasteiger partial charge in [-0.05, 0) is 79.7 Å². The van der Waals surface area contributed by atoms with Crippen LogP contribution in [0.4, 0.5) is 30.7 Å². The Morgan fingerprint density at radius 2 is 0.769 bits per heavy atom. The highest BCUT2D eigenvalue weighted by Gasteiger charge is 2.29. The lowest BCUT2D eigenvalue weighted by Gasteiger charge is -2.05. The van der Waals surface area contributed by atoms with Crippen molar-refractivity contribution in [3.05, 3.63) is 141 Å². The van der Waals surface area contributed by atoms with E-state index in [1.165, 1.54) is 12.1 Å². The molecule has 4 rings (SSSR count). The van der Waals surface area contributed by atoms with Gasteiger partial charge in [-0.2, -0.15) is 13.2 Å². The van der Waals surface area contributed by atoms with Gasteiger partial charge in [0.05, 0.1) is 11.1 Å². The lowest BCUT2D eigenvalue weighted by Crippen LogP contribution is -2.04. The predicted molar refractivity (Wildman–Crippen MR) is 133 cm³/mol. The first kappa shape index (κ1) is 27.1. The van der Waals surface area contributed by atoms with Crippen LogP contribution in [0.15, 0.2) is 72.8 Å². The van der Waals surface area contributed by atoms with E-state index in [1.54, 1.807) is 48.5 Å². The third-order valence-electron chi connectivity index (χ3n) is 5.50. The van der Waals surface area contributed by atoms with E-state index in [0.29, 0.717) is 27.8 Å². The number of halogens is 7. The van der Waals surface area contributed by atoms with Gasteiger partial charge < -0.3 is 0 Å². The van der Waals surface area contributed by atoms with Gasteiger partial charge in [0.1, 0.15) is 5.82 Å². The lowest BCUT2D eigenvalue weighted by atomic mass is 10.1. The second-order valence-corrected chi connectivity index (χ2v) is 8.24. The summed E-state index contributed by atoms with van der Waals surface area (Å²) in [5, 5.41) is 0. The molecule has 0 amide bonds. The molecule has 0 radical (unpaired) electrons. The molecule has 192 valence electrons. The SMILES string of the molecule is Cc1c(F)c(F)c(F)c(C#Cc2ccc(C#Cc3ccc(C#Cc4ccc(C(F)(F)F)cc4)cc3)cc2)c1F. The van der Waals surface area contributed by atoms with Gasteiger partial charge in [-0.3, -0.25) is 0 Å². The fourth-order valence-electron chi connectivity index (χ4n) is 3.30. The van der Waals surface area contributed by atoms with Crippen LogP contribution in [-0.4, -0.2) is 0 Å². The molecule has 7 heteroatoms. The average Bonchev–Trinajstić information content (AvgIpc) is 2.93. The molecule has 0 unspecified atom stereocenters. The molecule has 39 heavy (non-hydrogen) atoms. The van der Waals surface area contributed by atoms with Gasteiger partial charge in [0.15, 0.2) is 17.5 Å². The standard InChI is InChI=1S/C32H15F7/c1-20-28(33)27(30(35)31(36)29(20)34)19-16-24-11-8-23(9-12-24)7-4-21-2-5-22(6-3-21)10-13-25-14-17-26(18-15-25)32(37,38)39/h2-3,5-6,8-9,11-12,14-15,17-18H,1H3. The molecule has 0 aliphatic carbocycles. The Labute approximate surface area is 220 Å². The molecule has 0 fully saturated rings. The monoisotopic (exact) mass is 532 g/mol. The molecule has 4 aromatic carbocycles. The van der Waals surface area contributed by atoms with Crippen molar-refractivity contribution >= 4 is 0 Å². The summed E-state index contributed by atoms with van der Waals surface area (Å²) in [4.78, 5) is 0. The van der Waals surface area contributed by atoms with Crippen molar-refractivity contribution in [1.82, 2.24) is 0 Å². The second kappa shape index (κ2) is 11.2. The minimum absolute atomic E-state index is 0.387. The van der Waals surface area contributed by atoms with Crippen molar-refractivity contribution in [3.63, 3.8) is 0 Å². The van der Waals surface area contributed by atoms with Crippen LogP contribution in [0.1, 0.15) is 44.5 Å². The van der Waals surface area contributed by atoms with Crippen LogP contribution in [0.5, 0.6) is 0 Å². The third kappa shape index (κ3) is 6.50. The van der Waals surface area contributed by atoms with Crippen LogP contribution in [0.25, 0.3) is 0 Å². The number of rotatable bonds is 0. The summed E-state index contributed by atoms with van der Waals surface area (Å²) in [6, 6.07) is 18.0. The minimum atomic E-state index is -4.40. The molecule has 0 heterocycles. The van der Waals surface area contributed by atoms with Crippen LogP contribution < -0.4 is 0 Å². The molecule has 0 N–H and O–H groups in total. The molecule has 0 saturated carbocycles. The molecule has 0 atom stereocenters. The highest BCUT2D eigenvalue weighted by atomic mass is 19.4. The quantitative estimate of drug-likeness (QED) is 0.0940. The molecule has 0 spiro atoms. The van der Waals surface area contributed by atoms with E-state index in [1.807, 2.05) is 0 Å². The Morgan fingerprint density at radius 1 is 0.436 bits per heavy atom. The molecule has 0 aromatic heterocycles. The Morgan fingerprint density at radius 3 is 1.13 bits per heavy atom. The average molecular weight is 532 g/mol. The normalized spacial score (nSPS) is 10.5. The Hall–Kier alpha value is -4.93. The zero-order valence-corrected chi connectivity index (χ0v) is 20.1. The molecular formula is C32H15F7. The van der Waals surface area contributed by atoms with E-state index < -0.39 is 46.1 Å². The van der Waals surface area contributed by atoms with Crippen molar-refractivity contribution in [2.24, 2.45) is 0 Å². The van der Waals surface area contributed by atoms with Gasteiger partial charge in [-0.15, -0.1) is 0 Å². The molecule has 0 bridgehead atoms. The number of alkyl halides is 3. The van der Waals surface area contributed by atoms with Gasteiger partial charge in [-0.25, -0.2) is 17.6 Å². The lowest BCUT2D eigenvalue weighted by molar-refractivity contribution is -0.137. The number of hydrogen-bond acceptors (Lipinski definition) is 0. The maximum absolute atomic E-state index is 14.1. The maximum atomic E-state index is 14.1. The third-order valence-corrected chi connectivity index (χ3v) is 5.50. The molecule has 0 aliphatic rings. The molecule has 4 aromatic rings. The number of hydrogen-bond donors (Lipinski definition) is 0. The summed E-state index contributed by atoms with van der Waals surface area (Å²) in [6.45, 7) is 0.996. The smallest absolute Gasteiger partial charge is 0.205 e. The van der Waals surface area contributed by atoms with E-state index in [-0.39, 0.29) is 0 Å². The fraction of sp³-hybridized carbons (Fsp3) is 0.0625. The zero-order chi connectivity index (χ0) is 28.2. The van der Waals surface area contributed by atoms with Crippen LogP contribution in [0.3, 0.4) is 0 Å². The maximum Gasteiger partial charge on any atom is 0.416 e. The van der Waals surface area contributed by atoms with E-state index >= 15 is 0 Å². The topological polar surface area (TPSA) is 0 Å². The molecule has 0 aliphatic heterocycles. The van der Waals surface area contributed by atoms with E-state index in [0.717, 1.165) is 19.1 Å². The van der Waals surface area contributed by atoms with Crippen molar-refractivity contribution in [2.45, 2.75) is 13.1 Å². The highest BCUT2D eigenvalue weighted by Crippen LogP contribution is 2.29. The van der Waals surface area contributed by atoms with E-state index in [9.17, 15) is 30.7 Å². The molecule has 0 saturated heterocycles. The Kier molecular flexibility index (Phi) is 7.80. The summed E-state index contributed by atoms with van der Waals surface area (Å²) >= 11 is 0. The van der Waals surface area contributed by atoms with Gasteiger partial charge in [-0.1, -0.05) is 35.5 Å². The predicted octanol–water partition coefficient (Wildman–Crippen LogP) is 7.77. The first-order valence-electron chi connectivity index (χ1n) is 11.3. The largest absolute Gasteiger partial charge is 0.416 e. The van der Waals surface area contributed by atoms with Gasteiger partial charge in [0, 0.05) is 33.4 Å². The van der Waals surface area contributed by atoms with Crippen LogP contribution in [-0.2, 0) is 6.18 Å². The van der Waals surface area contributed by atoms with Crippen molar-refractivity contribution in [2.75, 3.05) is 0 Å². The summed E-state index contributed by atoms with van der Waals surface area (Å²) in [5.41, 5.74) is 0.596. The van der Waals surface area contributed by atoms with Crippen LogP contribution in [0, 0.1) is 65.7 Å². The molecular weight excluding hydrogens is 517 g/mol. The minimum Gasteiger partial charge on any atom is -0.205 e. The summed E-state index contributed by atoms with van der Waals surface area (Å²) in [6.07, 6.45) is -4.40. The fourth-order valence-corrected chi connectivity index (χ4v) is 3.30. The zero-order valence-electron chi connectivity index (χ0n) is 20.1. The van der Waals surface area contributed by atoms with Gasteiger partial charge in [0.25, 0.3) is 0 Å². The molecule has 0 nitrogen and oxygen atoms in total. The van der Waals surface area contributed by atoms with Gasteiger partial charge >= 0.3 is 6.18 Å². The van der Waals surface area contributed by atoms with Gasteiger partial charge in [0.2, 0.25) is 0 Å².